The number of carbonyl (C=O) groups is 1. The zero-order chi connectivity index (χ0) is 20.2. The molecule has 2 atom stereocenters. The van der Waals surface area contributed by atoms with Gasteiger partial charge in [0.2, 0.25) is 0 Å². The number of nitrogens with zero attached hydrogens (tertiary/aromatic N) is 1. The first-order chi connectivity index (χ1) is 14.1. The van der Waals surface area contributed by atoms with E-state index in [0.717, 1.165) is 36.8 Å². The third-order valence-electron chi connectivity index (χ3n) is 5.73. The maximum absolute atomic E-state index is 13.8. The molecule has 5 heteroatoms. The van der Waals surface area contributed by atoms with Crippen molar-refractivity contribution < 1.29 is 18.7 Å². The van der Waals surface area contributed by atoms with Crippen molar-refractivity contribution in [2.75, 3.05) is 7.11 Å². The van der Waals surface area contributed by atoms with E-state index in [1.807, 2.05) is 41.3 Å². The molecule has 2 aliphatic heterocycles. The zero-order valence-corrected chi connectivity index (χ0v) is 16.6. The number of halogens is 1. The quantitative estimate of drug-likeness (QED) is 0.648. The van der Waals surface area contributed by atoms with Gasteiger partial charge in [-0.15, -0.1) is 0 Å². The highest BCUT2D eigenvalue weighted by atomic mass is 19.1. The Kier molecular flexibility index (Phi) is 5.84. The minimum absolute atomic E-state index is 0.0521. The van der Waals surface area contributed by atoms with Crippen LogP contribution >= 0.6 is 0 Å². The molecule has 4 rings (SSSR count). The number of hydrogen-bond donors (Lipinski definition) is 0. The maximum atomic E-state index is 13.8. The van der Waals surface area contributed by atoms with Gasteiger partial charge in [-0.1, -0.05) is 42.0 Å². The average Bonchev–Trinajstić information content (AvgIpc) is 2.71. The van der Waals surface area contributed by atoms with Crippen molar-refractivity contribution in [2.24, 2.45) is 0 Å². The highest BCUT2D eigenvalue weighted by Crippen LogP contribution is 2.35. The Morgan fingerprint density at radius 2 is 1.97 bits per heavy atom. The normalized spacial score (nSPS) is 20.8. The van der Waals surface area contributed by atoms with Crippen LogP contribution < -0.4 is 4.74 Å². The van der Waals surface area contributed by atoms with Gasteiger partial charge < -0.3 is 9.47 Å². The van der Waals surface area contributed by atoms with Gasteiger partial charge in [0.05, 0.1) is 13.2 Å². The Morgan fingerprint density at radius 1 is 1.14 bits per heavy atom. The fourth-order valence-corrected chi connectivity index (χ4v) is 4.43. The summed E-state index contributed by atoms with van der Waals surface area (Å²) in [7, 11) is 1.54. The lowest BCUT2D eigenvalue weighted by Gasteiger charge is -2.44. The molecule has 0 radical (unpaired) electrons. The van der Waals surface area contributed by atoms with E-state index in [-0.39, 0.29) is 30.6 Å². The molecule has 1 fully saturated rings. The average molecular weight is 395 g/mol. The van der Waals surface area contributed by atoms with Crippen molar-refractivity contribution >= 4 is 6.09 Å². The van der Waals surface area contributed by atoms with Crippen LogP contribution in [0.1, 0.15) is 36.8 Å². The van der Waals surface area contributed by atoms with E-state index in [1.165, 1.54) is 11.6 Å². The van der Waals surface area contributed by atoms with Gasteiger partial charge in [-0.25, -0.2) is 9.18 Å². The summed E-state index contributed by atoms with van der Waals surface area (Å²) in [6, 6.07) is 14.7. The molecule has 0 saturated carbocycles. The number of amides is 1. The van der Waals surface area contributed by atoms with E-state index in [9.17, 15) is 9.18 Å². The minimum atomic E-state index is -0.290. The largest absolute Gasteiger partial charge is 0.497 e. The van der Waals surface area contributed by atoms with Crippen LogP contribution in [0.2, 0.25) is 0 Å². The topological polar surface area (TPSA) is 38.8 Å². The summed E-state index contributed by atoms with van der Waals surface area (Å²) >= 11 is 0. The molecule has 152 valence electrons. The summed E-state index contributed by atoms with van der Waals surface area (Å²) in [5.74, 6) is 0.241. The highest BCUT2D eigenvalue weighted by molar-refractivity contribution is 5.69. The Hall–Kier alpha value is -2.82. The molecule has 2 aromatic carbocycles. The van der Waals surface area contributed by atoms with E-state index in [4.69, 9.17) is 9.47 Å². The zero-order valence-electron chi connectivity index (χ0n) is 16.6. The number of rotatable bonds is 5. The van der Waals surface area contributed by atoms with Crippen LogP contribution in [0.15, 0.2) is 60.2 Å². The number of piperidine rings is 1. The number of hydrogen-bond acceptors (Lipinski definition) is 3. The summed E-state index contributed by atoms with van der Waals surface area (Å²) in [6.45, 7) is 0.287. The summed E-state index contributed by atoms with van der Waals surface area (Å²) in [6.07, 6.45) is 6.43. The van der Waals surface area contributed by atoms with E-state index in [2.05, 4.69) is 6.08 Å². The first kappa shape index (κ1) is 19.5. The molecule has 2 aromatic rings. The van der Waals surface area contributed by atoms with Gasteiger partial charge in [0.25, 0.3) is 0 Å². The van der Waals surface area contributed by atoms with Crippen LogP contribution in [0.4, 0.5) is 9.18 Å². The van der Waals surface area contributed by atoms with Crippen molar-refractivity contribution in [1.29, 1.82) is 0 Å². The monoisotopic (exact) mass is 395 g/mol. The molecule has 1 saturated heterocycles. The molecule has 0 N–H and O–H groups in total. The summed E-state index contributed by atoms with van der Waals surface area (Å²) in [5.41, 5.74) is 3.13. The number of ether oxygens (including phenoxy) is 2. The minimum Gasteiger partial charge on any atom is -0.497 e. The molecule has 0 aliphatic carbocycles. The van der Waals surface area contributed by atoms with Crippen LogP contribution in [-0.4, -0.2) is 30.2 Å². The summed E-state index contributed by atoms with van der Waals surface area (Å²) < 4.78 is 24.6. The van der Waals surface area contributed by atoms with Crippen molar-refractivity contribution in [3.8, 4) is 5.75 Å². The third kappa shape index (κ3) is 4.61. The lowest BCUT2D eigenvalue weighted by atomic mass is 9.83. The SMILES string of the molecule is COc1cc(F)cc(CC2=CC3CCCC(C2)N3C(=O)OCc2ccccc2)c1. The molecule has 2 aliphatic rings. The molecular formula is C24H26FNO3. The van der Waals surface area contributed by atoms with E-state index in [1.54, 1.807) is 13.2 Å². The number of carbonyl (C=O) groups excluding carboxylic acids is 1. The predicted molar refractivity (Wildman–Crippen MR) is 109 cm³/mol. The van der Waals surface area contributed by atoms with Gasteiger partial charge in [-0.2, -0.15) is 0 Å². The van der Waals surface area contributed by atoms with Crippen LogP contribution in [0.5, 0.6) is 5.75 Å². The lowest BCUT2D eigenvalue weighted by molar-refractivity contribution is 0.0481. The standard InChI is InChI=1S/C24H26FNO3/c1-28-23-14-18(11-20(25)15-23)10-19-12-21-8-5-9-22(13-19)26(21)24(27)29-16-17-6-3-2-4-7-17/h2-4,6-7,11-12,14-15,21-22H,5,8-10,13,16H2,1H3. The van der Waals surface area contributed by atoms with Gasteiger partial charge in [0, 0.05) is 12.1 Å². The maximum Gasteiger partial charge on any atom is 0.410 e. The molecule has 29 heavy (non-hydrogen) atoms. The fraction of sp³-hybridized carbons (Fsp3) is 0.375. The number of fused-ring (bicyclic) bond motifs is 2. The van der Waals surface area contributed by atoms with E-state index < -0.39 is 0 Å². The molecule has 2 bridgehead atoms. The second-order valence-electron chi connectivity index (χ2n) is 7.80. The second kappa shape index (κ2) is 8.68. The molecule has 2 unspecified atom stereocenters. The van der Waals surface area contributed by atoms with Gasteiger partial charge >= 0.3 is 6.09 Å². The molecule has 1 amide bonds. The van der Waals surface area contributed by atoms with Gasteiger partial charge in [-0.05, 0) is 55.4 Å². The highest BCUT2D eigenvalue weighted by Gasteiger charge is 2.37. The fourth-order valence-electron chi connectivity index (χ4n) is 4.43. The third-order valence-corrected chi connectivity index (χ3v) is 5.73. The van der Waals surface area contributed by atoms with Gasteiger partial charge in [-0.3, -0.25) is 4.90 Å². The number of benzene rings is 2. The van der Waals surface area contributed by atoms with Gasteiger partial charge in [0.15, 0.2) is 0 Å². The van der Waals surface area contributed by atoms with Gasteiger partial charge in [0.1, 0.15) is 18.2 Å². The van der Waals surface area contributed by atoms with Crippen LogP contribution in [0.25, 0.3) is 0 Å². The van der Waals surface area contributed by atoms with Crippen molar-refractivity contribution in [3.63, 3.8) is 0 Å². The first-order valence-corrected chi connectivity index (χ1v) is 10.1. The Morgan fingerprint density at radius 3 is 2.72 bits per heavy atom. The summed E-state index contributed by atoms with van der Waals surface area (Å²) in [5, 5.41) is 0. The predicted octanol–water partition coefficient (Wildman–Crippen LogP) is 5.27. The molecular weight excluding hydrogens is 369 g/mol. The van der Waals surface area contributed by atoms with Crippen LogP contribution in [0.3, 0.4) is 0 Å². The van der Waals surface area contributed by atoms with Crippen LogP contribution in [0, 0.1) is 5.82 Å². The molecule has 4 nitrogen and oxygen atoms in total. The van der Waals surface area contributed by atoms with Crippen LogP contribution in [-0.2, 0) is 17.8 Å². The lowest BCUT2D eigenvalue weighted by Crippen LogP contribution is -2.52. The Bertz CT molecular complexity index is 896. The number of methoxy groups -OCH3 is 1. The van der Waals surface area contributed by atoms with Crippen molar-refractivity contribution in [3.05, 3.63) is 77.1 Å². The summed E-state index contributed by atoms with van der Waals surface area (Å²) in [4.78, 5) is 14.7. The first-order valence-electron chi connectivity index (χ1n) is 10.1. The van der Waals surface area contributed by atoms with E-state index in [0.29, 0.717) is 12.2 Å². The molecule has 0 spiro atoms. The smallest absolute Gasteiger partial charge is 0.410 e. The van der Waals surface area contributed by atoms with Crippen molar-refractivity contribution in [2.45, 2.75) is 50.8 Å². The molecule has 0 aromatic heterocycles. The van der Waals surface area contributed by atoms with E-state index >= 15 is 0 Å². The second-order valence-corrected chi connectivity index (χ2v) is 7.80. The molecule has 2 heterocycles. The Labute approximate surface area is 170 Å². The Balaban J connectivity index is 1.45. The van der Waals surface area contributed by atoms with Crippen molar-refractivity contribution in [1.82, 2.24) is 4.90 Å².